The van der Waals surface area contributed by atoms with Crippen molar-refractivity contribution in [1.29, 1.82) is 0 Å². The molecule has 0 aliphatic heterocycles. The molecule has 31 heavy (non-hydrogen) atoms. The number of rotatable bonds is 7. The normalized spacial score (nSPS) is 10.9. The van der Waals surface area contributed by atoms with Crippen LogP contribution in [-0.4, -0.2) is 13.0 Å². The quantitative estimate of drug-likeness (QED) is 0.396. The molecule has 0 unspecified atom stereocenters. The molecule has 160 valence electrons. The zero-order chi connectivity index (χ0) is 22.4. The van der Waals surface area contributed by atoms with Gasteiger partial charge in [0.1, 0.15) is 6.61 Å². The Balaban J connectivity index is 1.67. The van der Waals surface area contributed by atoms with E-state index in [2.05, 4.69) is 5.32 Å². The van der Waals surface area contributed by atoms with E-state index in [9.17, 15) is 4.79 Å². The highest BCUT2D eigenvalue weighted by Crippen LogP contribution is 2.31. The SMILES string of the molecule is COc1cc(C=CC(=O)Nc2ccc(C)c(C)c2)ccc1OCc1c(Cl)cccc1Cl. The predicted octanol–water partition coefficient (Wildman–Crippen LogP) is 6.85. The molecule has 1 amide bonds. The summed E-state index contributed by atoms with van der Waals surface area (Å²) in [6.45, 7) is 4.25. The zero-order valence-corrected chi connectivity index (χ0v) is 19.1. The number of amides is 1. The summed E-state index contributed by atoms with van der Waals surface area (Å²) in [5.41, 5.74) is 4.58. The van der Waals surface area contributed by atoms with E-state index >= 15 is 0 Å². The summed E-state index contributed by atoms with van der Waals surface area (Å²) in [4.78, 5) is 12.2. The molecular weight excluding hydrogens is 433 g/mol. The van der Waals surface area contributed by atoms with Crippen LogP contribution in [0.15, 0.2) is 60.7 Å². The van der Waals surface area contributed by atoms with Crippen molar-refractivity contribution in [3.8, 4) is 11.5 Å². The second-order valence-electron chi connectivity index (χ2n) is 7.02. The summed E-state index contributed by atoms with van der Waals surface area (Å²) in [6, 6.07) is 16.5. The Bertz CT molecular complexity index is 1110. The first-order chi connectivity index (χ1) is 14.9. The number of aryl methyl sites for hydroxylation is 2. The molecule has 0 aliphatic carbocycles. The fourth-order valence-corrected chi connectivity index (χ4v) is 3.41. The van der Waals surface area contributed by atoms with Gasteiger partial charge in [-0.3, -0.25) is 4.79 Å². The molecule has 0 heterocycles. The Morgan fingerprint density at radius 1 is 0.968 bits per heavy atom. The van der Waals surface area contributed by atoms with Gasteiger partial charge in [0, 0.05) is 27.4 Å². The average Bonchev–Trinajstić information content (AvgIpc) is 2.75. The van der Waals surface area contributed by atoms with E-state index in [0.29, 0.717) is 27.1 Å². The molecule has 0 spiro atoms. The van der Waals surface area contributed by atoms with Crippen molar-refractivity contribution in [3.63, 3.8) is 0 Å². The lowest BCUT2D eigenvalue weighted by Gasteiger charge is -2.13. The van der Waals surface area contributed by atoms with Crippen LogP contribution in [0.25, 0.3) is 6.08 Å². The van der Waals surface area contributed by atoms with Crippen molar-refractivity contribution in [3.05, 3.63) is 93.0 Å². The van der Waals surface area contributed by atoms with Gasteiger partial charge in [0.05, 0.1) is 7.11 Å². The van der Waals surface area contributed by atoms with Crippen molar-refractivity contribution in [2.75, 3.05) is 12.4 Å². The number of nitrogens with one attached hydrogen (secondary N) is 1. The molecule has 3 aromatic rings. The van der Waals surface area contributed by atoms with E-state index in [1.165, 1.54) is 11.6 Å². The maximum atomic E-state index is 12.2. The lowest BCUT2D eigenvalue weighted by molar-refractivity contribution is -0.111. The van der Waals surface area contributed by atoms with Crippen molar-refractivity contribution in [1.82, 2.24) is 0 Å². The van der Waals surface area contributed by atoms with Crippen molar-refractivity contribution in [2.45, 2.75) is 20.5 Å². The minimum absolute atomic E-state index is 0.211. The first-order valence-electron chi connectivity index (χ1n) is 9.67. The molecule has 0 saturated carbocycles. The zero-order valence-electron chi connectivity index (χ0n) is 17.5. The summed E-state index contributed by atoms with van der Waals surface area (Å²) in [5.74, 6) is 0.881. The van der Waals surface area contributed by atoms with Crippen LogP contribution in [0.3, 0.4) is 0 Å². The van der Waals surface area contributed by atoms with Crippen molar-refractivity contribution >= 4 is 40.9 Å². The molecule has 0 saturated heterocycles. The van der Waals surface area contributed by atoms with Gasteiger partial charge in [-0.15, -0.1) is 0 Å². The largest absolute Gasteiger partial charge is 0.493 e. The van der Waals surface area contributed by atoms with Crippen LogP contribution < -0.4 is 14.8 Å². The molecule has 0 atom stereocenters. The molecule has 0 aromatic heterocycles. The van der Waals surface area contributed by atoms with E-state index in [1.54, 1.807) is 43.5 Å². The minimum atomic E-state index is -0.212. The van der Waals surface area contributed by atoms with Gasteiger partial charge in [-0.25, -0.2) is 0 Å². The van der Waals surface area contributed by atoms with Gasteiger partial charge in [0.2, 0.25) is 5.91 Å². The van der Waals surface area contributed by atoms with Crippen LogP contribution in [-0.2, 0) is 11.4 Å². The first-order valence-corrected chi connectivity index (χ1v) is 10.4. The summed E-state index contributed by atoms with van der Waals surface area (Å²) >= 11 is 12.4. The van der Waals surface area contributed by atoms with Crippen LogP contribution in [0, 0.1) is 13.8 Å². The van der Waals surface area contributed by atoms with Gasteiger partial charge in [0.15, 0.2) is 11.5 Å². The lowest BCUT2D eigenvalue weighted by Crippen LogP contribution is -2.07. The van der Waals surface area contributed by atoms with Crippen LogP contribution in [0.4, 0.5) is 5.69 Å². The highest BCUT2D eigenvalue weighted by molar-refractivity contribution is 6.35. The van der Waals surface area contributed by atoms with Gasteiger partial charge in [-0.05, 0) is 73.0 Å². The van der Waals surface area contributed by atoms with Gasteiger partial charge in [0.25, 0.3) is 0 Å². The number of hydrogen-bond donors (Lipinski definition) is 1. The minimum Gasteiger partial charge on any atom is -0.493 e. The van der Waals surface area contributed by atoms with Crippen molar-refractivity contribution in [2.24, 2.45) is 0 Å². The van der Waals surface area contributed by atoms with E-state index in [1.807, 2.05) is 38.1 Å². The fraction of sp³-hybridized carbons (Fsp3) is 0.160. The van der Waals surface area contributed by atoms with Crippen LogP contribution >= 0.6 is 23.2 Å². The Morgan fingerprint density at radius 2 is 1.71 bits per heavy atom. The number of methoxy groups -OCH3 is 1. The van der Waals surface area contributed by atoms with Gasteiger partial charge < -0.3 is 14.8 Å². The summed E-state index contributed by atoms with van der Waals surface area (Å²) in [5, 5.41) is 3.95. The number of halogens is 2. The number of anilines is 1. The molecule has 6 heteroatoms. The molecule has 0 fully saturated rings. The molecule has 0 radical (unpaired) electrons. The third-order valence-corrected chi connectivity index (χ3v) is 5.53. The monoisotopic (exact) mass is 455 g/mol. The molecular formula is C25H23Cl2NO3. The van der Waals surface area contributed by atoms with Crippen LogP contribution in [0.5, 0.6) is 11.5 Å². The average molecular weight is 456 g/mol. The number of hydrogen-bond acceptors (Lipinski definition) is 3. The second kappa shape index (κ2) is 10.4. The van der Waals surface area contributed by atoms with E-state index < -0.39 is 0 Å². The lowest BCUT2D eigenvalue weighted by atomic mass is 10.1. The summed E-state index contributed by atoms with van der Waals surface area (Å²) < 4.78 is 11.3. The van der Waals surface area contributed by atoms with E-state index in [-0.39, 0.29) is 12.5 Å². The highest BCUT2D eigenvalue weighted by atomic mass is 35.5. The molecule has 4 nitrogen and oxygen atoms in total. The molecule has 3 rings (SSSR count). The van der Waals surface area contributed by atoms with E-state index in [4.69, 9.17) is 32.7 Å². The maximum absolute atomic E-state index is 12.2. The highest BCUT2D eigenvalue weighted by Gasteiger charge is 2.10. The molecule has 1 N–H and O–H groups in total. The second-order valence-corrected chi connectivity index (χ2v) is 7.84. The first kappa shape index (κ1) is 22.7. The van der Waals surface area contributed by atoms with Crippen LogP contribution in [0.1, 0.15) is 22.3 Å². The Kier molecular flexibility index (Phi) is 7.61. The Labute approximate surface area is 192 Å². The summed E-state index contributed by atoms with van der Waals surface area (Å²) in [6.07, 6.45) is 3.20. The van der Waals surface area contributed by atoms with Gasteiger partial charge in [-0.1, -0.05) is 41.4 Å². The number of carbonyl (C=O) groups excluding carboxylic acids is 1. The smallest absolute Gasteiger partial charge is 0.248 e. The van der Waals surface area contributed by atoms with Gasteiger partial charge >= 0.3 is 0 Å². The third-order valence-electron chi connectivity index (χ3n) is 4.82. The predicted molar refractivity (Wildman–Crippen MR) is 127 cm³/mol. The Hall–Kier alpha value is -2.95. The molecule has 3 aromatic carbocycles. The van der Waals surface area contributed by atoms with Gasteiger partial charge in [-0.2, -0.15) is 0 Å². The molecule has 0 bridgehead atoms. The van der Waals surface area contributed by atoms with E-state index in [0.717, 1.165) is 16.8 Å². The topological polar surface area (TPSA) is 47.6 Å². The fourth-order valence-electron chi connectivity index (χ4n) is 2.90. The van der Waals surface area contributed by atoms with Crippen molar-refractivity contribution < 1.29 is 14.3 Å². The molecule has 0 aliphatic rings. The number of ether oxygens (including phenoxy) is 2. The number of benzene rings is 3. The standard InChI is InChI=1S/C25H23Cl2NO3/c1-16-7-10-19(13-17(16)2)28-25(29)12-9-18-8-11-23(24(14-18)30-3)31-15-20-21(26)5-4-6-22(20)27/h4-14H,15H2,1-3H3,(H,28,29). The maximum Gasteiger partial charge on any atom is 0.248 e. The number of carbonyl (C=O) groups is 1. The third kappa shape index (κ3) is 6.03. The van der Waals surface area contributed by atoms with Crippen LogP contribution in [0.2, 0.25) is 10.0 Å². The summed E-state index contributed by atoms with van der Waals surface area (Å²) in [7, 11) is 1.56. The Morgan fingerprint density at radius 3 is 2.39 bits per heavy atom.